The Labute approximate surface area is 214 Å². The van der Waals surface area contributed by atoms with E-state index in [0.717, 1.165) is 5.56 Å². The smallest absolute Gasteiger partial charge is 0.275 e. The number of nitrogens with zero attached hydrogens (tertiary/aromatic N) is 5. The molecule has 1 heterocycles. The van der Waals surface area contributed by atoms with Gasteiger partial charge in [-0.1, -0.05) is 35.9 Å². The van der Waals surface area contributed by atoms with E-state index in [1.807, 2.05) is 23.6 Å². The lowest BCUT2D eigenvalue weighted by molar-refractivity contribution is -0.384. The lowest BCUT2D eigenvalue weighted by Gasteiger charge is -2.09. The summed E-state index contributed by atoms with van der Waals surface area (Å²) in [6.07, 6.45) is 1.30. The van der Waals surface area contributed by atoms with Crippen molar-refractivity contribution < 1.29 is 14.8 Å². The Morgan fingerprint density at radius 2 is 2.00 bits per heavy atom. The second-order valence-electron chi connectivity index (χ2n) is 7.36. The Bertz CT molecular complexity index is 1470. The maximum atomic E-state index is 12.3. The van der Waals surface area contributed by atoms with Crippen LogP contribution < -0.4 is 5.43 Å². The van der Waals surface area contributed by atoms with Crippen LogP contribution in [0, 0.1) is 10.1 Å². The first-order valence-electron chi connectivity index (χ1n) is 10.6. The fraction of sp³-hybridized carbons (Fsp3) is 0.0833. The molecule has 4 aromatic rings. The predicted octanol–water partition coefficient (Wildman–Crippen LogP) is 5.15. The minimum atomic E-state index is -0.624. The first-order valence-corrected chi connectivity index (χ1v) is 11.8. The number of benzene rings is 3. The van der Waals surface area contributed by atoms with Gasteiger partial charge >= 0.3 is 0 Å². The van der Waals surface area contributed by atoms with Gasteiger partial charge in [0.2, 0.25) is 0 Å². The molecular formula is C24H19ClN6O4S. The molecule has 182 valence electrons. The fourth-order valence-electron chi connectivity index (χ4n) is 3.32. The number of aromatic hydroxyl groups is 1. The number of hydrogen-bond acceptors (Lipinski definition) is 8. The number of phenolic OH excluding ortho intramolecular Hbond substituents is 1. The quantitative estimate of drug-likeness (QED) is 0.185. The maximum absolute atomic E-state index is 12.3. The van der Waals surface area contributed by atoms with E-state index in [2.05, 4.69) is 20.7 Å². The molecule has 0 aliphatic heterocycles. The molecule has 0 atom stereocenters. The second-order valence-corrected chi connectivity index (χ2v) is 8.80. The minimum absolute atomic E-state index is 0.0490. The van der Waals surface area contributed by atoms with Gasteiger partial charge in [-0.3, -0.25) is 14.9 Å². The molecule has 0 radical (unpaired) electrons. The third-order valence-electron chi connectivity index (χ3n) is 5.04. The topological polar surface area (TPSA) is 136 Å². The van der Waals surface area contributed by atoms with Gasteiger partial charge in [0, 0.05) is 39.7 Å². The lowest BCUT2D eigenvalue weighted by atomic mass is 10.2. The second kappa shape index (κ2) is 11.0. The molecule has 10 nitrogen and oxygen atoms in total. The predicted molar refractivity (Wildman–Crippen MR) is 137 cm³/mol. The van der Waals surface area contributed by atoms with Crippen molar-refractivity contribution in [1.82, 2.24) is 20.2 Å². The van der Waals surface area contributed by atoms with Crippen molar-refractivity contribution in [3.05, 3.63) is 93.0 Å². The van der Waals surface area contributed by atoms with Crippen molar-refractivity contribution in [3.63, 3.8) is 0 Å². The number of amides is 1. The lowest BCUT2D eigenvalue weighted by Crippen LogP contribution is -2.17. The summed E-state index contributed by atoms with van der Waals surface area (Å²) >= 11 is 7.38. The highest BCUT2D eigenvalue weighted by atomic mass is 35.5. The first kappa shape index (κ1) is 24.9. The standard InChI is InChI=1S/C24H19ClN6O4S/c1-2-30-22(15-6-5-7-17(25)12-15)27-29-24(30)36-21-11-10-18(31(34)35)13-16(21)14-26-28-23(33)19-8-3-4-9-20(19)32/h3-14,32H,2H2,1H3,(H,28,33)/b26-14+. The molecule has 0 unspecified atom stereocenters. The van der Waals surface area contributed by atoms with Crippen molar-refractivity contribution >= 4 is 41.2 Å². The summed E-state index contributed by atoms with van der Waals surface area (Å²) in [7, 11) is 0. The average Bonchev–Trinajstić information content (AvgIpc) is 3.27. The normalized spacial score (nSPS) is 11.1. The molecule has 3 aromatic carbocycles. The van der Waals surface area contributed by atoms with Crippen molar-refractivity contribution in [2.75, 3.05) is 0 Å². The van der Waals surface area contributed by atoms with E-state index in [0.29, 0.717) is 33.0 Å². The highest BCUT2D eigenvalue weighted by molar-refractivity contribution is 7.99. The average molecular weight is 523 g/mol. The van der Waals surface area contributed by atoms with Crippen LogP contribution in [0.25, 0.3) is 11.4 Å². The van der Waals surface area contributed by atoms with Crippen LogP contribution in [0.15, 0.2) is 81.9 Å². The number of carbonyl (C=O) groups excluding carboxylic acids is 1. The first-order chi connectivity index (χ1) is 17.4. The van der Waals surface area contributed by atoms with E-state index >= 15 is 0 Å². The van der Waals surface area contributed by atoms with Gasteiger partial charge in [-0.05, 0) is 49.0 Å². The van der Waals surface area contributed by atoms with Gasteiger partial charge < -0.3 is 9.67 Å². The Balaban J connectivity index is 1.63. The molecule has 0 spiro atoms. The molecule has 0 bridgehead atoms. The zero-order valence-corrected chi connectivity index (χ0v) is 20.4. The summed E-state index contributed by atoms with van der Waals surface area (Å²) in [6, 6.07) is 17.6. The molecule has 0 aliphatic carbocycles. The summed E-state index contributed by atoms with van der Waals surface area (Å²) in [6.45, 7) is 2.53. The van der Waals surface area contributed by atoms with Crippen LogP contribution in [0.5, 0.6) is 5.75 Å². The summed E-state index contributed by atoms with van der Waals surface area (Å²) in [5.41, 5.74) is 3.44. The van der Waals surface area contributed by atoms with Crippen LogP contribution in [0.4, 0.5) is 5.69 Å². The molecule has 1 aromatic heterocycles. The van der Waals surface area contributed by atoms with Gasteiger partial charge in [0.1, 0.15) is 5.75 Å². The SMILES string of the molecule is CCn1c(Sc2ccc([N+](=O)[O-])cc2/C=N/NC(=O)c2ccccc2O)nnc1-c1cccc(Cl)c1. The van der Waals surface area contributed by atoms with E-state index in [4.69, 9.17) is 11.6 Å². The summed E-state index contributed by atoms with van der Waals surface area (Å²) in [5.74, 6) is -0.179. The van der Waals surface area contributed by atoms with Gasteiger partial charge in [0.25, 0.3) is 11.6 Å². The van der Waals surface area contributed by atoms with Crippen LogP contribution in [0.2, 0.25) is 5.02 Å². The van der Waals surface area contributed by atoms with Gasteiger partial charge in [0.15, 0.2) is 11.0 Å². The molecule has 0 saturated carbocycles. The number of carbonyl (C=O) groups is 1. The number of hydrazone groups is 1. The molecule has 0 saturated heterocycles. The van der Waals surface area contributed by atoms with Crippen molar-refractivity contribution in [2.24, 2.45) is 5.10 Å². The molecular weight excluding hydrogens is 504 g/mol. The van der Waals surface area contributed by atoms with Gasteiger partial charge in [-0.2, -0.15) is 5.10 Å². The zero-order chi connectivity index (χ0) is 25.7. The van der Waals surface area contributed by atoms with Gasteiger partial charge in [0.05, 0.1) is 16.7 Å². The highest BCUT2D eigenvalue weighted by Gasteiger charge is 2.17. The van der Waals surface area contributed by atoms with Crippen molar-refractivity contribution in [1.29, 1.82) is 0 Å². The highest BCUT2D eigenvalue weighted by Crippen LogP contribution is 2.33. The number of nitrogens with one attached hydrogen (secondary N) is 1. The van der Waals surface area contributed by atoms with E-state index in [1.165, 1.54) is 42.2 Å². The number of hydrogen-bond donors (Lipinski definition) is 2. The summed E-state index contributed by atoms with van der Waals surface area (Å²) in [4.78, 5) is 23.8. The number of para-hydroxylation sites is 1. The van der Waals surface area contributed by atoms with E-state index in [9.17, 15) is 20.0 Å². The molecule has 0 aliphatic rings. The Morgan fingerprint density at radius 3 is 2.72 bits per heavy atom. The van der Waals surface area contributed by atoms with Crippen LogP contribution in [0.3, 0.4) is 0 Å². The summed E-state index contributed by atoms with van der Waals surface area (Å²) in [5, 5.41) is 34.9. The minimum Gasteiger partial charge on any atom is -0.507 e. The molecule has 2 N–H and O–H groups in total. The molecule has 4 rings (SSSR count). The maximum Gasteiger partial charge on any atom is 0.275 e. The number of rotatable bonds is 8. The molecule has 1 amide bonds. The molecule has 36 heavy (non-hydrogen) atoms. The number of halogens is 1. The Morgan fingerprint density at radius 1 is 1.19 bits per heavy atom. The molecule has 12 heteroatoms. The monoisotopic (exact) mass is 522 g/mol. The number of phenols is 1. The number of nitro benzene ring substituents is 1. The number of aromatic nitrogens is 3. The van der Waals surface area contributed by atoms with E-state index in [1.54, 1.807) is 30.3 Å². The third kappa shape index (κ3) is 5.53. The van der Waals surface area contributed by atoms with Crippen LogP contribution in [-0.2, 0) is 6.54 Å². The number of nitro groups is 1. The van der Waals surface area contributed by atoms with Crippen molar-refractivity contribution in [2.45, 2.75) is 23.5 Å². The Hall–Kier alpha value is -4.22. The number of non-ortho nitro benzene ring substituents is 1. The van der Waals surface area contributed by atoms with Gasteiger partial charge in [-0.25, -0.2) is 5.43 Å². The van der Waals surface area contributed by atoms with Crippen LogP contribution in [0.1, 0.15) is 22.8 Å². The largest absolute Gasteiger partial charge is 0.507 e. The van der Waals surface area contributed by atoms with Gasteiger partial charge in [-0.15, -0.1) is 10.2 Å². The van der Waals surface area contributed by atoms with E-state index in [-0.39, 0.29) is 17.0 Å². The van der Waals surface area contributed by atoms with E-state index < -0.39 is 10.8 Å². The van der Waals surface area contributed by atoms with Crippen LogP contribution >= 0.6 is 23.4 Å². The molecule has 0 fully saturated rings. The Kier molecular flexibility index (Phi) is 7.62. The zero-order valence-electron chi connectivity index (χ0n) is 18.8. The van der Waals surface area contributed by atoms with Crippen molar-refractivity contribution in [3.8, 4) is 17.1 Å². The van der Waals surface area contributed by atoms with Crippen LogP contribution in [-0.4, -0.2) is 36.9 Å². The summed E-state index contributed by atoms with van der Waals surface area (Å²) < 4.78 is 1.90. The fourth-order valence-corrected chi connectivity index (χ4v) is 4.48. The third-order valence-corrected chi connectivity index (χ3v) is 6.35.